The quantitative estimate of drug-likeness (QED) is 0.300. The number of aromatic amines is 1. The lowest BCUT2D eigenvalue weighted by atomic mass is 9.88. The van der Waals surface area contributed by atoms with Crippen LogP contribution in [0, 0.1) is 0 Å². The van der Waals surface area contributed by atoms with Crippen LogP contribution >= 0.6 is 0 Å². The number of carbonyl (C=O) groups is 2. The fourth-order valence-electron chi connectivity index (χ4n) is 4.63. The number of benzene rings is 2. The molecule has 0 radical (unpaired) electrons. The minimum Gasteiger partial charge on any atom is -0.505 e. The van der Waals surface area contributed by atoms with Gasteiger partial charge in [-0.3, -0.25) is 4.79 Å². The van der Waals surface area contributed by atoms with E-state index < -0.39 is 17.9 Å². The molecule has 1 aliphatic rings. The Morgan fingerprint density at radius 1 is 1.13 bits per heavy atom. The Morgan fingerprint density at radius 3 is 2.50 bits per heavy atom. The zero-order valence-electron chi connectivity index (χ0n) is 21.6. The first-order valence-electron chi connectivity index (χ1n) is 12.4. The molecule has 0 aliphatic heterocycles. The van der Waals surface area contributed by atoms with Crippen molar-refractivity contribution in [1.29, 1.82) is 0 Å². The Hall–Kier alpha value is -4.08. The SMILES string of the molecule is CCOCC1=CC(OC)=C(c2ccc(CC(NC(=O)c3[nH]c4ccccc4c3O)C(=O)O)cc2)C(OC)C1. The van der Waals surface area contributed by atoms with Gasteiger partial charge >= 0.3 is 5.97 Å². The molecule has 0 bridgehead atoms. The minimum absolute atomic E-state index is 0.0602. The van der Waals surface area contributed by atoms with E-state index in [9.17, 15) is 19.8 Å². The number of ether oxygens (including phenoxy) is 3. The Balaban J connectivity index is 1.52. The van der Waals surface area contributed by atoms with Crippen LogP contribution in [-0.4, -0.2) is 66.7 Å². The van der Waals surface area contributed by atoms with Crippen molar-refractivity contribution in [3.05, 3.63) is 82.8 Å². The third-order valence-corrected chi connectivity index (χ3v) is 6.58. The zero-order chi connectivity index (χ0) is 27.2. The molecule has 200 valence electrons. The Morgan fingerprint density at radius 2 is 1.87 bits per heavy atom. The molecule has 9 nitrogen and oxygen atoms in total. The van der Waals surface area contributed by atoms with E-state index in [0.29, 0.717) is 36.3 Å². The summed E-state index contributed by atoms with van der Waals surface area (Å²) in [6.07, 6.45) is 2.49. The summed E-state index contributed by atoms with van der Waals surface area (Å²) in [7, 11) is 3.27. The van der Waals surface area contributed by atoms with Gasteiger partial charge in [0.15, 0.2) is 5.75 Å². The first kappa shape index (κ1) is 27.0. The molecule has 4 N–H and O–H groups in total. The second-order valence-corrected chi connectivity index (χ2v) is 9.01. The number of rotatable bonds is 11. The monoisotopic (exact) mass is 520 g/mol. The van der Waals surface area contributed by atoms with Gasteiger partial charge in [0, 0.05) is 43.0 Å². The molecule has 0 saturated carbocycles. The Kier molecular flexibility index (Phi) is 8.50. The van der Waals surface area contributed by atoms with Crippen LogP contribution < -0.4 is 5.32 Å². The van der Waals surface area contributed by atoms with Crippen LogP contribution in [0.5, 0.6) is 5.75 Å². The van der Waals surface area contributed by atoms with E-state index in [2.05, 4.69) is 10.3 Å². The summed E-state index contributed by atoms with van der Waals surface area (Å²) in [6.45, 7) is 3.08. The number of aliphatic carboxylic acids is 1. The molecular formula is C29H32N2O7. The summed E-state index contributed by atoms with van der Waals surface area (Å²) < 4.78 is 17.0. The van der Waals surface area contributed by atoms with Crippen molar-refractivity contribution in [2.75, 3.05) is 27.4 Å². The molecule has 3 aromatic rings. The average molecular weight is 521 g/mol. The van der Waals surface area contributed by atoms with Crippen LogP contribution in [-0.2, 0) is 25.4 Å². The summed E-state index contributed by atoms with van der Waals surface area (Å²) in [4.78, 5) is 27.6. The summed E-state index contributed by atoms with van der Waals surface area (Å²) in [5.41, 5.74) is 4.10. The fourth-order valence-corrected chi connectivity index (χ4v) is 4.63. The van der Waals surface area contributed by atoms with Crippen LogP contribution in [0.15, 0.2) is 65.9 Å². The van der Waals surface area contributed by atoms with Crippen molar-refractivity contribution < 1.29 is 34.0 Å². The third-order valence-electron chi connectivity index (χ3n) is 6.58. The molecule has 0 saturated heterocycles. The maximum absolute atomic E-state index is 12.8. The number of allylic oxidation sites excluding steroid dienone is 1. The van der Waals surface area contributed by atoms with Crippen LogP contribution in [0.4, 0.5) is 0 Å². The van der Waals surface area contributed by atoms with E-state index in [1.807, 2.05) is 37.3 Å². The number of hydrogen-bond donors (Lipinski definition) is 4. The van der Waals surface area contributed by atoms with E-state index >= 15 is 0 Å². The second kappa shape index (κ2) is 12.0. The highest BCUT2D eigenvalue weighted by Gasteiger charge is 2.27. The van der Waals surface area contributed by atoms with Crippen LogP contribution in [0.25, 0.3) is 16.5 Å². The molecule has 2 unspecified atom stereocenters. The van der Waals surface area contributed by atoms with Gasteiger partial charge in [0.2, 0.25) is 0 Å². The smallest absolute Gasteiger partial charge is 0.326 e. The van der Waals surface area contributed by atoms with Gasteiger partial charge in [0.1, 0.15) is 17.5 Å². The summed E-state index contributed by atoms with van der Waals surface area (Å²) in [5.74, 6) is -1.40. The van der Waals surface area contributed by atoms with Gasteiger partial charge in [-0.1, -0.05) is 36.4 Å². The van der Waals surface area contributed by atoms with Crippen molar-refractivity contribution in [3.63, 3.8) is 0 Å². The Labute approximate surface area is 220 Å². The van der Waals surface area contributed by atoms with Gasteiger partial charge in [-0.15, -0.1) is 0 Å². The number of amides is 1. The molecule has 1 heterocycles. The van der Waals surface area contributed by atoms with Crippen LogP contribution in [0.2, 0.25) is 0 Å². The summed E-state index contributed by atoms with van der Waals surface area (Å²) in [6, 6.07) is 13.1. The minimum atomic E-state index is -1.20. The van der Waals surface area contributed by atoms with Gasteiger partial charge < -0.3 is 34.7 Å². The number of carboxylic acids is 1. The van der Waals surface area contributed by atoms with Gasteiger partial charge in [-0.05, 0) is 41.8 Å². The van der Waals surface area contributed by atoms with Crippen molar-refractivity contribution in [3.8, 4) is 5.75 Å². The summed E-state index contributed by atoms with van der Waals surface area (Å²) in [5, 5.41) is 23.2. The number of aromatic hydroxyl groups is 1. The standard InChI is InChI=1S/C29H32N2O7/c1-4-38-16-18-14-23(36-2)25(24(15-18)37-3)19-11-9-17(10-12-19)13-22(29(34)35)31-28(33)26-27(32)20-7-5-6-8-21(20)30-26/h5-12,14,22,24,30,32H,4,13,15-16H2,1-3H3,(H,31,33)(H,34,35). The molecule has 2 aromatic carbocycles. The number of carbonyl (C=O) groups excluding carboxylic acids is 1. The predicted molar refractivity (Wildman–Crippen MR) is 143 cm³/mol. The molecule has 2 atom stereocenters. The fraction of sp³-hybridized carbons (Fsp3) is 0.310. The van der Waals surface area contributed by atoms with E-state index in [-0.39, 0.29) is 24.0 Å². The molecule has 0 spiro atoms. The van der Waals surface area contributed by atoms with Gasteiger partial charge in [0.25, 0.3) is 5.91 Å². The normalized spacial score (nSPS) is 16.3. The van der Waals surface area contributed by atoms with E-state index in [0.717, 1.165) is 22.3 Å². The Bertz CT molecular complexity index is 1370. The third kappa shape index (κ3) is 5.74. The number of para-hydroxylation sites is 1. The maximum Gasteiger partial charge on any atom is 0.326 e. The topological polar surface area (TPSA) is 130 Å². The van der Waals surface area contributed by atoms with E-state index in [4.69, 9.17) is 14.2 Å². The maximum atomic E-state index is 12.8. The van der Waals surface area contributed by atoms with Crippen LogP contribution in [0.1, 0.15) is 35.0 Å². The first-order chi connectivity index (χ1) is 18.4. The first-order valence-corrected chi connectivity index (χ1v) is 12.4. The highest BCUT2D eigenvalue weighted by atomic mass is 16.5. The number of fused-ring (bicyclic) bond motifs is 1. The zero-order valence-corrected chi connectivity index (χ0v) is 21.6. The predicted octanol–water partition coefficient (Wildman–Crippen LogP) is 4.04. The number of hydrogen-bond acceptors (Lipinski definition) is 6. The van der Waals surface area contributed by atoms with Crippen molar-refractivity contribution in [2.24, 2.45) is 0 Å². The lowest BCUT2D eigenvalue weighted by molar-refractivity contribution is -0.139. The van der Waals surface area contributed by atoms with Crippen molar-refractivity contribution >= 4 is 28.4 Å². The highest BCUT2D eigenvalue weighted by molar-refractivity contribution is 6.04. The van der Waals surface area contributed by atoms with Crippen molar-refractivity contribution in [2.45, 2.75) is 31.9 Å². The molecular weight excluding hydrogens is 488 g/mol. The van der Waals surface area contributed by atoms with Gasteiger partial charge in [-0.2, -0.15) is 0 Å². The van der Waals surface area contributed by atoms with E-state index in [1.54, 1.807) is 38.5 Å². The van der Waals surface area contributed by atoms with Gasteiger partial charge in [-0.25, -0.2) is 4.79 Å². The largest absolute Gasteiger partial charge is 0.505 e. The molecule has 1 amide bonds. The van der Waals surface area contributed by atoms with Crippen LogP contribution in [0.3, 0.4) is 0 Å². The lowest BCUT2D eigenvalue weighted by Gasteiger charge is -2.27. The number of nitrogens with one attached hydrogen (secondary N) is 2. The summed E-state index contributed by atoms with van der Waals surface area (Å²) >= 11 is 0. The van der Waals surface area contributed by atoms with Crippen molar-refractivity contribution in [1.82, 2.24) is 10.3 Å². The number of aromatic nitrogens is 1. The number of H-pyrrole nitrogens is 1. The highest BCUT2D eigenvalue weighted by Crippen LogP contribution is 2.34. The average Bonchev–Trinajstić information content (AvgIpc) is 3.27. The molecule has 4 rings (SSSR count). The van der Waals surface area contributed by atoms with E-state index in [1.165, 1.54) is 0 Å². The number of carboxylic acid groups (broad SMARTS) is 1. The number of methoxy groups -OCH3 is 2. The van der Waals surface area contributed by atoms with Gasteiger partial charge in [0.05, 0.1) is 19.8 Å². The molecule has 1 aromatic heterocycles. The molecule has 9 heteroatoms. The molecule has 0 fully saturated rings. The second-order valence-electron chi connectivity index (χ2n) is 9.01. The molecule has 1 aliphatic carbocycles. The lowest BCUT2D eigenvalue weighted by Crippen LogP contribution is -2.42. The molecule has 38 heavy (non-hydrogen) atoms.